The number of epoxide rings is 1. The van der Waals surface area contributed by atoms with Gasteiger partial charge in [-0.25, -0.2) is 0 Å². The summed E-state index contributed by atoms with van der Waals surface area (Å²) in [7, 11) is -0.472. The predicted octanol–water partition coefficient (Wildman–Crippen LogP) is 1.45. The molecule has 2 aliphatic rings. The molecule has 1 heterocycles. The number of fused-ring (bicyclic) bond motifs is 1. The van der Waals surface area contributed by atoms with Gasteiger partial charge < -0.3 is 8.85 Å². The third-order valence-electron chi connectivity index (χ3n) is 4.37. The van der Waals surface area contributed by atoms with Crippen LogP contribution in [0.4, 0.5) is 0 Å². The van der Waals surface area contributed by atoms with Crippen molar-refractivity contribution in [1.82, 2.24) is 0 Å². The lowest BCUT2D eigenvalue weighted by Crippen LogP contribution is -2.39. The zero-order valence-corrected chi connectivity index (χ0v) is 12.7. The highest BCUT2D eigenvalue weighted by Gasteiger charge is 2.47. The first-order chi connectivity index (χ1) is 6.54. The van der Waals surface area contributed by atoms with Crippen LogP contribution in [0.2, 0.25) is 18.6 Å². The van der Waals surface area contributed by atoms with Crippen molar-refractivity contribution in [3.8, 4) is 0 Å². The molecule has 0 spiro atoms. The zero-order valence-electron chi connectivity index (χ0n) is 9.75. The average molecular weight is 230 g/mol. The van der Waals surface area contributed by atoms with E-state index in [1.165, 1.54) is 19.3 Å². The van der Waals surface area contributed by atoms with Gasteiger partial charge in [-0.2, -0.15) is 0 Å². The van der Waals surface area contributed by atoms with Crippen molar-refractivity contribution in [3.63, 3.8) is 0 Å². The fourth-order valence-corrected chi connectivity index (χ4v) is 5.57. The van der Waals surface area contributed by atoms with Gasteiger partial charge in [-0.05, 0) is 43.8 Å². The quantitative estimate of drug-likeness (QED) is 0.541. The minimum absolute atomic E-state index is 0.620. The Morgan fingerprint density at radius 3 is 2.64 bits per heavy atom. The smallest absolute Gasteiger partial charge is 0.175 e. The summed E-state index contributed by atoms with van der Waals surface area (Å²) in [4.78, 5) is 0. The standard InChI is InChI=1S/C10H22O2Si2/c1-7(14(2,3)12-13)8-4-5-9-10(6-8)11-9/h7-10H,4-6H2,1-3,13H3. The lowest BCUT2D eigenvalue weighted by atomic mass is 9.87. The molecular weight excluding hydrogens is 208 g/mol. The second-order valence-corrected chi connectivity index (χ2v) is 11.1. The maximum Gasteiger partial charge on any atom is 0.175 e. The van der Waals surface area contributed by atoms with Crippen LogP contribution in [0.5, 0.6) is 0 Å². The van der Waals surface area contributed by atoms with Gasteiger partial charge in [-0.15, -0.1) is 0 Å². The van der Waals surface area contributed by atoms with Crippen LogP contribution in [-0.4, -0.2) is 31.0 Å². The summed E-state index contributed by atoms with van der Waals surface area (Å²) in [6.07, 6.45) is 5.22. The maximum atomic E-state index is 5.84. The van der Waals surface area contributed by atoms with E-state index in [0.29, 0.717) is 12.2 Å². The highest BCUT2D eigenvalue weighted by molar-refractivity contribution is 6.75. The van der Waals surface area contributed by atoms with Crippen molar-refractivity contribution in [3.05, 3.63) is 0 Å². The van der Waals surface area contributed by atoms with Gasteiger partial charge >= 0.3 is 0 Å². The number of hydrogen-bond donors (Lipinski definition) is 0. The molecular formula is C10H22O2Si2. The SMILES string of the molecule is CC(C1CCC2OC2C1)[Si](C)(C)O[SiH3]. The number of ether oxygens (including phenoxy) is 1. The minimum Gasteiger partial charge on any atom is -0.463 e. The molecule has 2 nitrogen and oxygen atoms in total. The fraction of sp³-hybridized carbons (Fsp3) is 1.00. The molecule has 2 rings (SSSR count). The molecule has 0 bridgehead atoms. The van der Waals surface area contributed by atoms with E-state index in [9.17, 15) is 0 Å². The van der Waals surface area contributed by atoms with Crippen LogP contribution in [0.15, 0.2) is 0 Å². The lowest BCUT2D eigenvalue weighted by molar-refractivity contribution is 0.346. The molecule has 0 N–H and O–H groups in total. The van der Waals surface area contributed by atoms with E-state index in [4.69, 9.17) is 8.85 Å². The van der Waals surface area contributed by atoms with Crippen LogP contribution < -0.4 is 0 Å². The topological polar surface area (TPSA) is 21.8 Å². The van der Waals surface area contributed by atoms with E-state index < -0.39 is 8.32 Å². The monoisotopic (exact) mass is 230 g/mol. The summed E-state index contributed by atoms with van der Waals surface area (Å²) < 4.78 is 11.4. The Hall–Kier alpha value is 0.354. The normalized spacial score (nSPS) is 39.2. The van der Waals surface area contributed by atoms with Gasteiger partial charge in [-0.3, -0.25) is 0 Å². The maximum absolute atomic E-state index is 5.84. The predicted molar refractivity (Wildman–Crippen MR) is 63.9 cm³/mol. The fourth-order valence-electron chi connectivity index (χ4n) is 2.64. The summed E-state index contributed by atoms with van der Waals surface area (Å²) in [5, 5.41) is 0. The molecule has 0 aromatic rings. The van der Waals surface area contributed by atoms with E-state index >= 15 is 0 Å². The molecule has 4 unspecified atom stereocenters. The Kier molecular flexibility index (Phi) is 2.90. The summed E-state index contributed by atoms with van der Waals surface area (Å²) in [6, 6.07) is 0. The number of rotatable bonds is 3. The summed E-state index contributed by atoms with van der Waals surface area (Å²) in [6.45, 7) is 7.13. The zero-order chi connectivity index (χ0) is 10.3. The Bertz CT molecular complexity index is 220. The van der Waals surface area contributed by atoms with Gasteiger partial charge in [0.25, 0.3) is 0 Å². The van der Waals surface area contributed by atoms with Crippen molar-refractivity contribution in [2.75, 3.05) is 0 Å². The van der Waals surface area contributed by atoms with E-state index in [1.807, 2.05) is 0 Å². The molecule has 4 atom stereocenters. The summed E-state index contributed by atoms with van der Waals surface area (Å²) in [5.41, 5.74) is 0.796. The Labute approximate surface area is 91.0 Å². The third-order valence-corrected chi connectivity index (χ3v) is 11.2. The first-order valence-corrected chi connectivity index (χ1v) is 9.55. The van der Waals surface area contributed by atoms with E-state index in [0.717, 1.165) is 21.9 Å². The summed E-state index contributed by atoms with van der Waals surface area (Å²) >= 11 is 0. The molecule has 0 amide bonds. The first kappa shape index (κ1) is 10.9. The minimum atomic E-state index is -1.37. The molecule has 1 saturated heterocycles. The second-order valence-electron chi connectivity index (χ2n) is 5.38. The van der Waals surface area contributed by atoms with Gasteiger partial charge in [0.2, 0.25) is 0 Å². The molecule has 4 heteroatoms. The van der Waals surface area contributed by atoms with Crippen LogP contribution in [-0.2, 0) is 8.85 Å². The van der Waals surface area contributed by atoms with Gasteiger partial charge in [0.1, 0.15) is 10.5 Å². The van der Waals surface area contributed by atoms with Gasteiger partial charge in [0, 0.05) is 0 Å². The molecule has 1 aliphatic carbocycles. The second kappa shape index (κ2) is 3.74. The molecule has 82 valence electrons. The van der Waals surface area contributed by atoms with Crippen molar-refractivity contribution < 1.29 is 8.85 Å². The molecule has 1 aliphatic heterocycles. The molecule has 1 saturated carbocycles. The Balaban J connectivity index is 1.93. The van der Waals surface area contributed by atoms with Crippen molar-refractivity contribution >= 4 is 18.8 Å². The van der Waals surface area contributed by atoms with Gasteiger partial charge in [0.15, 0.2) is 8.32 Å². The van der Waals surface area contributed by atoms with Crippen molar-refractivity contribution in [1.29, 1.82) is 0 Å². The molecule has 0 radical (unpaired) electrons. The summed E-state index contributed by atoms with van der Waals surface area (Å²) in [5.74, 6) is 0.870. The van der Waals surface area contributed by atoms with Crippen molar-refractivity contribution in [2.24, 2.45) is 5.92 Å². The Morgan fingerprint density at radius 2 is 2.07 bits per heavy atom. The first-order valence-electron chi connectivity index (χ1n) is 5.75. The lowest BCUT2D eigenvalue weighted by Gasteiger charge is -2.35. The van der Waals surface area contributed by atoms with Crippen LogP contribution in [0, 0.1) is 5.92 Å². The molecule has 2 fully saturated rings. The van der Waals surface area contributed by atoms with Crippen LogP contribution >= 0.6 is 0 Å². The van der Waals surface area contributed by atoms with Gasteiger partial charge in [0.05, 0.1) is 12.2 Å². The van der Waals surface area contributed by atoms with Crippen LogP contribution in [0.3, 0.4) is 0 Å². The molecule has 14 heavy (non-hydrogen) atoms. The Morgan fingerprint density at radius 1 is 1.36 bits per heavy atom. The highest BCUT2D eigenvalue weighted by atomic mass is 28.4. The van der Waals surface area contributed by atoms with Crippen LogP contribution in [0.25, 0.3) is 0 Å². The largest absolute Gasteiger partial charge is 0.463 e. The van der Waals surface area contributed by atoms with E-state index in [1.54, 1.807) is 0 Å². The number of hydrogen-bond acceptors (Lipinski definition) is 2. The van der Waals surface area contributed by atoms with E-state index in [-0.39, 0.29) is 0 Å². The van der Waals surface area contributed by atoms with Gasteiger partial charge in [-0.1, -0.05) is 6.92 Å². The molecule has 0 aromatic heterocycles. The highest BCUT2D eigenvalue weighted by Crippen LogP contribution is 2.46. The van der Waals surface area contributed by atoms with Crippen molar-refractivity contribution in [2.45, 2.75) is 57.0 Å². The van der Waals surface area contributed by atoms with E-state index in [2.05, 4.69) is 20.0 Å². The third kappa shape index (κ3) is 1.98. The molecule has 0 aromatic carbocycles. The average Bonchev–Trinajstić information content (AvgIpc) is 2.94. The van der Waals surface area contributed by atoms with Crippen LogP contribution in [0.1, 0.15) is 26.2 Å².